The molecule has 0 unspecified atom stereocenters. The SMILES string of the molecule is O=S(=O)(c1ccc(F)cc1)N1C=CC=CC=C1. The van der Waals surface area contributed by atoms with Crippen LogP contribution in [-0.2, 0) is 10.0 Å². The zero-order valence-corrected chi connectivity index (χ0v) is 9.64. The summed E-state index contributed by atoms with van der Waals surface area (Å²) < 4.78 is 38.1. The van der Waals surface area contributed by atoms with Crippen LogP contribution in [0.2, 0.25) is 0 Å². The molecule has 88 valence electrons. The number of nitrogens with zero attached hydrogens (tertiary/aromatic N) is 1. The summed E-state index contributed by atoms with van der Waals surface area (Å²) >= 11 is 0. The average molecular weight is 251 g/mol. The monoisotopic (exact) mass is 251 g/mol. The molecule has 17 heavy (non-hydrogen) atoms. The highest BCUT2D eigenvalue weighted by Crippen LogP contribution is 2.17. The molecule has 0 N–H and O–H groups in total. The van der Waals surface area contributed by atoms with Gasteiger partial charge >= 0.3 is 0 Å². The summed E-state index contributed by atoms with van der Waals surface area (Å²) in [4.78, 5) is 0.0510. The van der Waals surface area contributed by atoms with E-state index >= 15 is 0 Å². The van der Waals surface area contributed by atoms with Gasteiger partial charge in [0.15, 0.2) is 0 Å². The number of sulfonamides is 1. The first-order valence-electron chi connectivity index (χ1n) is 4.91. The second-order valence-corrected chi connectivity index (χ2v) is 5.20. The first-order chi connectivity index (χ1) is 8.10. The van der Waals surface area contributed by atoms with E-state index in [1.807, 2.05) is 0 Å². The molecule has 1 heterocycles. The van der Waals surface area contributed by atoms with Crippen LogP contribution in [0.5, 0.6) is 0 Å². The fourth-order valence-corrected chi connectivity index (χ4v) is 2.52. The number of rotatable bonds is 2. The Morgan fingerprint density at radius 2 is 1.41 bits per heavy atom. The Morgan fingerprint density at radius 1 is 0.882 bits per heavy atom. The van der Waals surface area contributed by atoms with Gasteiger partial charge in [0, 0.05) is 12.4 Å². The van der Waals surface area contributed by atoms with Gasteiger partial charge in [-0.3, -0.25) is 0 Å². The van der Waals surface area contributed by atoms with Crippen molar-refractivity contribution in [2.75, 3.05) is 0 Å². The summed E-state index contributed by atoms with van der Waals surface area (Å²) in [7, 11) is -3.65. The summed E-state index contributed by atoms with van der Waals surface area (Å²) in [6.07, 6.45) is 9.52. The highest BCUT2D eigenvalue weighted by atomic mass is 32.2. The van der Waals surface area contributed by atoms with Gasteiger partial charge in [-0.15, -0.1) is 0 Å². The van der Waals surface area contributed by atoms with Crippen molar-refractivity contribution in [3.63, 3.8) is 0 Å². The van der Waals surface area contributed by atoms with Crippen molar-refractivity contribution < 1.29 is 12.8 Å². The number of allylic oxidation sites excluding steroid dienone is 4. The molecule has 0 aliphatic carbocycles. The van der Waals surface area contributed by atoms with Gasteiger partial charge in [0.2, 0.25) is 0 Å². The smallest absolute Gasteiger partial charge is 0.249 e. The van der Waals surface area contributed by atoms with Crippen LogP contribution in [0.4, 0.5) is 4.39 Å². The lowest BCUT2D eigenvalue weighted by Gasteiger charge is -2.15. The van der Waals surface area contributed by atoms with E-state index in [4.69, 9.17) is 0 Å². The minimum Gasteiger partial charge on any atom is -0.249 e. The van der Waals surface area contributed by atoms with E-state index in [2.05, 4.69) is 0 Å². The highest BCUT2D eigenvalue weighted by molar-refractivity contribution is 7.89. The van der Waals surface area contributed by atoms with Gasteiger partial charge in [-0.1, -0.05) is 12.2 Å². The highest BCUT2D eigenvalue weighted by Gasteiger charge is 2.19. The molecule has 2 rings (SSSR count). The Morgan fingerprint density at radius 3 is 1.94 bits per heavy atom. The molecular formula is C12H10FNO2S. The van der Waals surface area contributed by atoms with Crippen LogP contribution in [0.1, 0.15) is 0 Å². The molecule has 0 bridgehead atoms. The predicted molar refractivity (Wildman–Crippen MR) is 62.8 cm³/mol. The lowest BCUT2D eigenvalue weighted by molar-refractivity contribution is 0.552. The van der Waals surface area contributed by atoms with Gasteiger partial charge in [-0.05, 0) is 36.4 Å². The Bertz CT molecular complexity index is 569. The van der Waals surface area contributed by atoms with Crippen molar-refractivity contribution >= 4 is 10.0 Å². The molecule has 0 radical (unpaired) electrons. The largest absolute Gasteiger partial charge is 0.267 e. The lowest BCUT2D eigenvalue weighted by Crippen LogP contribution is -2.20. The predicted octanol–water partition coefficient (Wildman–Crippen LogP) is 2.41. The van der Waals surface area contributed by atoms with Crippen molar-refractivity contribution in [1.29, 1.82) is 0 Å². The third-order valence-electron chi connectivity index (χ3n) is 2.19. The molecule has 3 nitrogen and oxygen atoms in total. The van der Waals surface area contributed by atoms with E-state index in [0.29, 0.717) is 0 Å². The number of benzene rings is 1. The Balaban J connectivity index is 2.39. The van der Waals surface area contributed by atoms with Crippen molar-refractivity contribution in [2.24, 2.45) is 0 Å². The number of halogens is 1. The Labute approximate surface area is 99.2 Å². The molecule has 0 saturated heterocycles. The Kier molecular flexibility index (Phi) is 3.10. The zero-order chi connectivity index (χ0) is 12.3. The van der Waals surface area contributed by atoms with Crippen LogP contribution in [-0.4, -0.2) is 12.7 Å². The third kappa shape index (κ3) is 2.45. The van der Waals surface area contributed by atoms with Crippen LogP contribution in [0.15, 0.2) is 65.9 Å². The van der Waals surface area contributed by atoms with Crippen LogP contribution < -0.4 is 0 Å². The van der Waals surface area contributed by atoms with Crippen molar-refractivity contribution in [2.45, 2.75) is 4.90 Å². The molecule has 1 aromatic rings. The molecular weight excluding hydrogens is 241 g/mol. The van der Waals surface area contributed by atoms with Crippen molar-refractivity contribution in [3.05, 3.63) is 66.8 Å². The summed E-state index contributed by atoms with van der Waals surface area (Å²) in [6, 6.07) is 4.72. The summed E-state index contributed by atoms with van der Waals surface area (Å²) in [5.41, 5.74) is 0. The summed E-state index contributed by atoms with van der Waals surface area (Å²) in [6.45, 7) is 0. The zero-order valence-electron chi connectivity index (χ0n) is 8.82. The van der Waals surface area contributed by atoms with E-state index < -0.39 is 15.8 Å². The third-order valence-corrected chi connectivity index (χ3v) is 3.85. The number of hydrogen-bond donors (Lipinski definition) is 0. The van der Waals surface area contributed by atoms with Crippen LogP contribution in [0.25, 0.3) is 0 Å². The van der Waals surface area contributed by atoms with Crippen LogP contribution >= 0.6 is 0 Å². The number of hydrogen-bond acceptors (Lipinski definition) is 2. The van der Waals surface area contributed by atoms with Gasteiger partial charge in [-0.25, -0.2) is 17.1 Å². The van der Waals surface area contributed by atoms with Gasteiger partial charge in [0.25, 0.3) is 10.0 Å². The molecule has 1 aromatic carbocycles. The normalized spacial score (nSPS) is 15.0. The minimum absolute atomic E-state index is 0.0510. The van der Waals surface area contributed by atoms with Crippen LogP contribution in [0, 0.1) is 5.82 Å². The first kappa shape index (κ1) is 11.6. The van der Waals surface area contributed by atoms with E-state index in [9.17, 15) is 12.8 Å². The molecule has 5 heteroatoms. The second-order valence-electron chi connectivity index (χ2n) is 3.36. The van der Waals surface area contributed by atoms with E-state index in [0.717, 1.165) is 16.4 Å². The van der Waals surface area contributed by atoms with Crippen LogP contribution in [0.3, 0.4) is 0 Å². The fourth-order valence-electron chi connectivity index (χ4n) is 1.34. The van der Waals surface area contributed by atoms with E-state index in [1.54, 1.807) is 24.3 Å². The average Bonchev–Trinajstić information content (AvgIpc) is 2.58. The molecule has 0 fully saturated rings. The van der Waals surface area contributed by atoms with Gasteiger partial charge in [-0.2, -0.15) is 0 Å². The van der Waals surface area contributed by atoms with Crippen molar-refractivity contribution in [3.8, 4) is 0 Å². The van der Waals surface area contributed by atoms with Crippen molar-refractivity contribution in [1.82, 2.24) is 4.31 Å². The van der Waals surface area contributed by atoms with E-state index in [1.165, 1.54) is 24.5 Å². The molecule has 0 spiro atoms. The Hall–Kier alpha value is -1.88. The molecule has 0 saturated carbocycles. The van der Waals surface area contributed by atoms with Gasteiger partial charge in [0.05, 0.1) is 4.90 Å². The standard InChI is InChI=1S/C12H10FNO2S/c13-11-5-7-12(8-6-11)17(15,16)14-9-3-1-2-4-10-14/h1-10H. The van der Waals surface area contributed by atoms with Gasteiger partial charge in [0.1, 0.15) is 5.82 Å². The molecule has 0 amide bonds. The molecule has 1 aliphatic heterocycles. The maximum absolute atomic E-state index is 12.7. The second kappa shape index (κ2) is 4.55. The minimum atomic E-state index is -3.65. The summed E-state index contributed by atoms with van der Waals surface area (Å²) in [5.74, 6) is -0.465. The lowest BCUT2D eigenvalue weighted by atomic mass is 10.4. The molecule has 0 aromatic heterocycles. The van der Waals surface area contributed by atoms with Gasteiger partial charge < -0.3 is 0 Å². The summed E-state index contributed by atoms with van der Waals surface area (Å²) in [5, 5.41) is 0. The molecule has 0 atom stereocenters. The molecule has 1 aliphatic rings. The van der Waals surface area contributed by atoms with E-state index in [-0.39, 0.29) is 4.90 Å². The quantitative estimate of drug-likeness (QED) is 0.809. The fraction of sp³-hybridized carbons (Fsp3) is 0. The first-order valence-corrected chi connectivity index (χ1v) is 6.35. The maximum Gasteiger partial charge on any atom is 0.267 e. The maximum atomic E-state index is 12.7. The topological polar surface area (TPSA) is 37.4 Å².